The first kappa shape index (κ1) is 81.9. The van der Waals surface area contributed by atoms with E-state index in [-0.39, 0.29) is 18.6 Å². The van der Waals surface area contributed by atoms with Gasteiger partial charge in [0.05, 0.1) is 73.3 Å². The third-order valence-corrected chi connectivity index (χ3v) is 19.2. The Hall–Kier alpha value is -8.39. The molecule has 1 fully saturated rings. The van der Waals surface area contributed by atoms with Gasteiger partial charge >= 0.3 is 7.12 Å². The van der Waals surface area contributed by atoms with Gasteiger partial charge in [-0.3, -0.25) is 9.59 Å². The molecule has 2 aliphatic rings. The monoisotopic (exact) mass is 1670 g/mol. The highest BCUT2D eigenvalue weighted by Gasteiger charge is 2.31. The Balaban J connectivity index is 0.000000177. The Morgan fingerprint density at radius 1 is 0.456 bits per heavy atom. The number of hydrogen-bond acceptors (Lipinski definition) is 17. The number of aliphatic hydroxyl groups is 1. The third kappa shape index (κ3) is 26.7. The second-order valence-electron chi connectivity index (χ2n) is 22.3. The van der Waals surface area contributed by atoms with Crippen LogP contribution in [0.1, 0.15) is 84.5 Å². The average Bonchev–Trinajstić information content (AvgIpc) is 1.70. The van der Waals surface area contributed by atoms with Crippen molar-refractivity contribution in [1.82, 2.24) is 0 Å². The lowest BCUT2D eigenvalue weighted by molar-refractivity contribution is -0.169. The van der Waals surface area contributed by atoms with Gasteiger partial charge < -0.3 is 72.0 Å². The number of methoxy groups -OCH3 is 5. The highest BCUT2D eigenvalue weighted by Crippen LogP contribution is 2.33. The second-order valence-corrected chi connectivity index (χ2v) is 25.8. The van der Waals surface area contributed by atoms with Gasteiger partial charge in [0.25, 0.3) is 0 Å². The lowest BCUT2D eigenvalue weighted by Crippen LogP contribution is -2.29. The molecule has 1 atom stereocenters. The lowest BCUT2D eigenvalue weighted by atomic mass is 9.79. The van der Waals surface area contributed by atoms with Gasteiger partial charge in [0, 0.05) is 29.1 Å². The van der Waals surface area contributed by atoms with Crippen LogP contribution in [0.2, 0.25) is 0 Å². The first-order valence-corrected chi connectivity index (χ1v) is 36.0. The fraction of sp³-hybridized carbons (Fsp3) is 0.225. The molecule has 3 N–H and O–H groups in total. The highest BCUT2D eigenvalue weighted by atomic mass is 79.9. The van der Waals surface area contributed by atoms with Crippen molar-refractivity contribution in [3.05, 3.63) is 286 Å². The van der Waals surface area contributed by atoms with Crippen molar-refractivity contribution in [2.75, 3.05) is 42.2 Å². The van der Waals surface area contributed by atoms with Crippen LogP contribution in [0.15, 0.2) is 230 Å². The molecule has 0 bridgehead atoms. The summed E-state index contributed by atoms with van der Waals surface area (Å²) in [7, 11) is 7.33. The van der Waals surface area contributed by atoms with Gasteiger partial charge in [-0.25, -0.2) is 0 Å². The van der Waals surface area contributed by atoms with E-state index >= 15 is 0 Å². The number of aromatic hydroxyl groups is 1. The molecule has 2 heterocycles. The van der Waals surface area contributed by atoms with E-state index in [1.165, 1.54) is 6.07 Å². The molecule has 0 amide bonds. The third-order valence-electron chi connectivity index (χ3n) is 15.4. The Morgan fingerprint density at radius 3 is 1.24 bits per heavy atom. The van der Waals surface area contributed by atoms with Crippen LogP contribution in [0.4, 0.5) is 0 Å². The van der Waals surface area contributed by atoms with Gasteiger partial charge in [-0.1, -0.05) is 121 Å². The lowest BCUT2D eigenvalue weighted by Gasteiger charge is -2.23. The van der Waals surface area contributed by atoms with Crippen LogP contribution < -0.4 is 48.1 Å². The molecule has 540 valence electrons. The fourth-order valence-corrected chi connectivity index (χ4v) is 11.6. The molecule has 0 radical (unpaired) electrons. The molecule has 10 aromatic carbocycles. The number of fused-ring (bicyclic) bond motifs is 1. The molecular formula is C80H80BBr4ClO17. The maximum Gasteiger partial charge on any atom is 0.495 e. The van der Waals surface area contributed by atoms with Crippen LogP contribution in [0.25, 0.3) is 0 Å². The topological polar surface area (TPSA) is 206 Å². The average molecular weight is 1680 g/mol. The molecule has 103 heavy (non-hydrogen) atoms. The van der Waals surface area contributed by atoms with Crippen molar-refractivity contribution in [1.29, 1.82) is 0 Å². The highest BCUT2D eigenvalue weighted by molar-refractivity contribution is 9.11. The molecule has 2 aliphatic heterocycles. The van der Waals surface area contributed by atoms with E-state index < -0.39 is 7.12 Å². The molecule has 0 aromatic heterocycles. The summed E-state index contributed by atoms with van der Waals surface area (Å²) in [4.78, 5) is 21.1. The molecular weight excluding hydrogens is 1600 g/mol. The van der Waals surface area contributed by atoms with Gasteiger partial charge in [-0.15, -0.1) is 11.6 Å². The predicted octanol–water partition coefficient (Wildman–Crippen LogP) is 18.4. The van der Waals surface area contributed by atoms with E-state index in [9.17, 15) is 19.7 Å². The number of phenolic OH excluding ortho intramolecular Hbond substituents is 1. The van der Waals surface area contributed by atoms with E-state index in [1.54, 1.807) is 59.8 Å². The minimum atomic E-state index is -0.892. The molecule has 0 spiro atoms. The number of carbonyl (C=O) groups excluding carboxylic acids is 2. The summed E-state index contributed by atoms with van der Waals surface area (Å²) in [6, 6.07) is 66.0. The summed E-state index contributed by atoms with van der Waals surface area (Å²) < 4.78 is 68.2. The van der Waals surface area contributed by atoms with Crippen LogP contribution in [0.3, 0.4) is 0 Å². The normalized spacial score (nSPS) is 12.3. The second kappa shape index (κ2) is 45.0. The minimum absolute atomic E-state index is 0.0136. The summed E-state index contributed by atoms with van der Waals surface area (Å²) in [5.74, 6) is 7.67. The molecule has 12 rings (SSSR count). The summed E-state index contributed by atoms with van der Waals surface area (Å²) in [5.41, 5.74) is 9.95. The summed E-state index contributed by atoms with van der Waals surface area (Å²) in [6.07, 6.45) is 4.64. The first-order chi connectivity index (χ1) is 50.1. The summed E-state index contributed by atoms with van der Waals surface area (Å²) in [5, 5.41) is 28.0. The Labute approximate surface area is 640 Å². The Bertz CT molecular complexity index is 4150. The van der Waals surface area contributed by atoms with Gasteiger partial charge in [-0.05, 0) is 218 Å². The number of aldehydes is 2. The number of rotatable bonds is 24. The maximum absolute atomic E-state index is 10.8. The smallest absolute Gasteiger partial charge is 0.495 e. The van der Waals surface area contributed by atoms with Crippen LogP contribution in [-0.2, 0) is 66.3 Å². The van der Waals surface area contributed by atoms with Gasteiger partial charge in [0.2, 0.25) is 0 Å². The van der Waals surface area contributed by atoms with Crippen molar-refractivity contribution < 1.29 is 81.6 Å². The zero-order chi connectivity index (χ0) is 73.7. The molecule has 1 unspecified atom stereocenters. The van der Waals surface area contributed by atoms with Crippen molar-refractivity contribution in [2.24, 2.45) is 0 Å². The first-order valence-electron chi connectivity index (χ1n) is 32.3. The Kier molecular flexibility index (Phi) is 35.8. The van der Waals surface area contributed by atoms with Gasteiger partial charge in [0.1, 0.15) is 83.9 Å². The number of ether oxygens (including phenoxy) is 11. The van der Waals surface area contributed by atoms with E-state index in [4.69, 9.17) is 73.5 Å². The van der Waals surface area contributed by atoms with Crippen LogP contribution in [0, 0.1) is 0 Å². The number of aliphatic hydroxyl groups excluding tert-OH is 1. The number of phenols is 1. The summed E-state index contributed by atoms with van der Waals surface area (Å²) in [6.45, 7) is 3.55. The molecule has 0 saturated carbocycles. The van der Waals surface area contributed by atoms with Crippen LogP contribution in [-0.4, -0.2) is 83.4 Å². The standard InChI is InChI=1S/C20H23BrO4.C15H15BO4.C15H15BrO3.C15H13BrO3.C8H9ClO.C7H5BrO2/c1-22-17-10-8-15(9-11-17)13-24-18-6-4-5-16(20(18)21)14-25-19-7-2-3-12-23-19;1-18-13-7-5-11(6-8-13)9-19-14-4-2-3-12-10-20-16(17)15(12)14;2*1-18-13-7-5-11(6-8-13)10-19-14-4-2-3-12(9-17)15(14)16;1-10-8-4-2-7(6-9)3-5-8;8-7-5(4-9)2-1-3-6(7)10/h4-6,8-11,19H,2-3,7,12-14H2,1H3;2-8,17H,9-10H2,1H3;2-8,17H,9-10H2,1H3;2-9H,10H2,1H3;2-5H,6H2,1H3;1-4,10H. The van der Waals surface area contributed by atoms with E-state index in [1.807, 2.05) is 182 Å². The van der Waals surface area contributed by atoms with Crippen molar-refractivity contribution in [3.8, 4) is 57.5 Å². The fourth-order valence-electron chi connectivity index (χ4n) is 9.57. The number of benzene rings is 10. The zero-order valence-electron chi connectivity index (χ0n) is 57.4. The van der Waals surface area contributed by atoms with Crippen LogP contribution in [0.5, 0.6) is 57.5 Å². The van der Waals surface area contributed by atoms with E-state index in [0.29, 0.717) is 83.4 Å². The quantitative estimate of drug-likeness (QED) is 0.0292. The summed E-state index contributed by atoms with van der Waals surface area (Å²) >= 11 is 19.1. The minimum Gasteiger partial charge on any atom is -0.507 e. The molecule has 10 aromatic rings. The number of hydrogen-bond donors (Lipinski definition) is 3. The van der Waals surface area contributed by atoms with E-state index in [0.717, 1.165) is 131 Å². The number of carbonyl (C=O) groups is 2. The van der Waals surface area contributed by atoms with Crippen molar-refractivity contribution >= 4 is 100 Å². The van der Waals surface area contributed by atoms with Gasteiger partial charge in [-0.2, -0.15) is 0 Å². The van der Waals surface area contributed by atoms with E-state index in [2.05, 4.69) is 63.7 Å². The predicted molar refractivity (Wildman–Crippen MR) is 414 cm³/mol. The number of halogens is 5. The largest absolute Gasteiger partial charge is 0.507 e. The molecule has 1 saturated heterocycles. The van der Waals surface area contributed by atoms with Crippen molar-refractivity contribution in [2.45, 2.75) is 77.7 Å². The maximum atomic E-state index is 10.8. The van der Waals surface area contributed by atoms with Gasteiger partial charge in [0.15, 0.2) is 18.9 Å². The van der Waals surface area contributed by atoms with Crippen LogP contribution >= 0.6 is 75.3 Å². The molecule has 23 heteroatoms. The zero-order valence-corrected chi connectivity index (χ0v) is 64.5. The molecule has 0 aliphatic carbocycles. The SMILES string of the molecule is COc1ccc(CCl)cc1.COc1ccc(COc2cccc(C=O)c2Br)cc1.COc1ccc(COc2cccc(CO)c2Br)cc1.COc1ccc(COc2cccc(COC3CCCCO3)c2Br)cc1.COc1ccc(COc2cccc3c2B(O)OC3)cc1.O=Cc1cccc(O)c1Br. The molecule has 17 nitrogen and oxygen atoms in total. The number of alkyl halides is 1. The van der Waals surface area contributed by atoms with Crippen molar-refractivity contribution in [3.63, 3.8) is 0 Å². The Morgan fingerprint density at radius 2 is 0.835 bits per heavy atom.